The molecule has 5 heteroatoms. The van der Waals surface area contributed by atoms with Crippen LogP contribution in [0.2, 0.25) is 0 Å². The minimum absolute atomic E-state index is 0.00513. The predicted octanol–water partition coefficient (Wildman–Crippen LogP) is 2.28. The number of hydrogen-bond donors (Lipinski definition) is 0. The number of amides is 1. The molecule has 4 rings (SSSR count). The Balaban J connectivity index is 1.49. The third-order valence-electron chi connectivity index (χ3n) is 4.71. The highest BCUT2D eigenvalue weighted by Crippen LogP contribution is 2.22. The van der Waals surface area contributed by atoms with Crippen molar-refractivity contribution in [3.05, 3.63) is 53.5 Å². The van der Waals surface area contributed by atoms with Gasteiger partial charge in [-0.3, -0.25) is 4.79 Å². The number of rotatable bonds is 2. The molecule has 0 N–H and O–H groups in total. The van der Waals surface area contributed by atoms with E-state index in [2.05, 4.69) is 39.1 Å². The van der Waals surface area contributed by atoms with Gasteiger partial charge in [0.05, 0.1) is 12.4 Å². The van der Waals surface area contributed by atoms with E-state index in [0.29, 0.717) is 5.69 Å². The maximum atomic E-state index is 12.3. The van der Waals surface area contributed by atoms with E-state index in [1.54, 1.807) is 12.4 Å². The molecular formula is C18H20N4O. The molecule has 3 heterocycles. The highest BCUT2D eigenvalue weighted by Gasteiger charge is 2.22. The molecule has 1 saturated heterocycles. The average Bonchev–Trinajstić information content (AvgIpc) is 3.15. The van der Waals surface area contributed by atoms with Gasteiger partial charge in [-0.2, -0.15) is 0 Å². The number of likely N-dealkylation sites (tertiary alicyclic amines) is 1. The highest BCUT2D eigenvalue weighted by molar-refractivity contribution is 5.92. The van der Waals surface area contributed by atoms with Crippen molar-refractivity contribution >= 4 is 11.7 Å². The van der Waals surface area contributed by atoms with Crippen molar-refractivity contribution in [1.82, 2.24) is 14.9 Å². The number of hydrogen-bond acceptors (Lipinski definition) is 4. The molecule has 118 valence electrons. The molecule has 5 nitrogen and oxygen atoms in total. The molecule has 2 aliphatic heterocycles. The second kappa shape index (κ2) is 5.99. The number of fused-ring (bicyclic) bond motifs is 1. The van der Waals surface area contributed by atoms with Gasteiger partial charge in [-0.15, -0.1) is 0 Å². The first kappa shape index (κ1) is 14.2. The SMILES string of the molecule is O=C(c1cnc(N2CCc3ccccc3C2)cn1)N1CCCC1. The van der Waals surface area contributed by atoms with Gasteiger partial charge in [0.1, 0.15) is 11.5 Å². The van der Waals surface area contributed by atoms with Crippen molar-refractivity contribution in [2.45, 2.75) is 25.8 Å². The van der Waals surface area contributed by atoms with Crippen LogP contribution in [0.15, 0.2) is 36.7 Å². The lowest BCUT2D eigenvalue weighted by Gasteiger charge is -2.29. The minimum Gasteiger partial charge on any atom is -0.351 e. The molecule has 0 atom stereocenters. The maximum Gasteiger partial charge on any atom is 0.274 e. The van der Waals surface area contributed by atoms with Gasteiger partial charge in [-0.25, -0.2) is 9.97 Å². The third-order valence-corrected chi connectivity index (χ3v) is 4.71. The van der Waals surface area contributed by atoms with E-state index in [4.69, 9.17) is 0 Å². The van der Waals surface area contributed by atoms with E-state index >= 15 is 0 Å². The van der Waals surface area contributed by atoms with Gasteiger partial charge in [-0.1, -0.05) is 24.3 Å². The summed E-state index contributed by atoms with van der Waals surface area (Å²) in [6.45, 7) is 3.46. The van der Waals surface area contributed by atoms with Crippen LogP contribution in [0.3, 0.4) is 0 Å². The average molecular weight is 308 g/mol. The maximum absolute atomic E-state index is 12.3. The highest BCUT2D eigenvalue weighted by atomic mass is 16.2. The van der Waals surface area contributed by atoms with Crippen molar-refractivity contribution in [1.29, 1.82) is 0 Å². The van der Waals surface area contributed by atoms with Crippen LogP contribution in [0.1, 0.15) is 34.5 Å². The lowest BCUT2D eigenvalue weighted by molar-refractivity contribution is 0.0786. The van der Waals surface area contributed by atoms with Crippen LogP contribution in [0.25, 0.3) is 0 Å². The quantitative estimate of drug-likeness (QED) is 0.854. The summed E-state index contributed by atoms with van der Waals surface area (Å²) in [6.07, 6.45) is 6.55. The van der Waals surface area contributed by atoms with Crippen molar-refractivity contribution < 1.29 is 4.79 Å². The first-order valence-corrected chi connectivity index (χ1v) is 8.24. The zero-order valence-corrected chi connectivity index (χ0v) is 13.1. The third kappa shape index (κ3) is 2.79. The molecule has 0 aliphatic carbocycles. The zero-order valence-electron chi connectivity index (χ0n) is 13.1. The molecular weight excluding hydrogens is 288 g/mol. The monoisotopic (exact) mass is 308 g/mol. The fourth-order valence-corrected chi connectivity index (χ4v) is 3.37. The molecule has 0 saturated carbocycles. The van der Waals surface area contributed by atoms with Crippen LogP contribution in [0.5, 0.6) is 0 Å². The number of carbonyl (C=O) groups is 1. The van der Waals surface area contributed by atoms with Gasteiger partial charge >= 0.3 is 0 Å². The Bertz CT molecular complexity index is 707. The van der Waals surface area contributed by atoms with Crippen LogP contribution in [0.4, 0.5) is 5.82 Å². The van der Waals surface area contributed by atoms with Crippen LogP contribution in [0, 0.1) is 0 Å². The Morgan fingerprint density at radius 2 is 1.74 bits per heavy atom. The fourth-order valence-electron chi connectivity index (χ4n) is 3.37. The first-order chi connectivity index (χ1) is 11.3. The van der Waals surface area contributed by atoms with Gasteiger partial charge < -0.3 is 9.80 Å². The van der Waals surface area contributed by atoms with Crippen molar-refractivity contribution in [3.8, 4) is 0 Å². The first-order valence-electron chi connectivity index (χ1n) is 8.24. The number of benzene rings is 1. The molecule has 0 unspecified atom stereocenters. The summed E-state index contributed by atoms with van der Waals surface area (Å²) < 4.78 is 0. The summed E-state index contributed by atoms with van der Waals surface area (Å²) in [5, 5.41) is 0. The standard InChI is InChI=1S/C18H20N4O/c23-18(21-8-3-4-9-21)16-11-20-17(12-19-16)22-10-7-14-5-1-2-6-15(14)13-22/h1-2,5-6,11-12H,3-4,7-10,13H2. The Morgan fingerprint density at radius 1 is 0.957 bits per heavy atom. The van der Waals surface area contributed by atoms with Crippen molar-refractivity contribution in [2.24, 2.45) is 0 Å². The Kier molecular flexibility index (Phi) is 3.69. The number of nitrogens with zero attached hydrogens (tertiary/aromatic N) is 4. The van der Waals surface area contributed by atoms with Crippen LogP contribution >= 0.6 is 0 Å². The van der Waals surface area contributed by atoms with Gasteiger partial charge in [-0.05, 0) is 30.4 Å². The molecule has 2 aromatic rings. The molecule has 1 amide bonds. The van der Waals surface area contributed by atoms with Gasteiger partial charge in [0.15, 0.2) is 0 Å². The number of carbonyl (C=O) groups excluding carboxylic acids is 1. The molecule has 2 aliphatic rings. The topological polar surface area (TPSA) is 49.3 Å². The number of anilines is 1. The summed E-state index contributed by atoms with van der Waals surface area (Å²) in [5.41, 5.74) is 3.21. The molecule has 0 radical (unpaired) electrons. The Labute approximate surface area is 136 Å². The van der Waals surface area contributed by atoms with E-state index in [-0.39, 0.29) is 5.91 Å². The van der Waals surface area contributed by atoms with Crippen LogP contribution < -0.4 is 4.90 Å². The molecule has 1 fully saturated rings. The summed E-state index contributed by atoms with van der Waals surface area (Å²) in [5.74, 6) is 0.850. The Hall–Kier alpha value is -2.43. The van der Waals surface area contributed by atoms with Gasteiger partial charge in [0.25, 0.3) is 5.91 Å². The molecule has 23 heavy (non-hydrogen) atoms. The smallest absolute Gasteiger partial charge is 0.274 e. The van der Waals surface area contributed by atoms with E-state index in [1.165, 1.54) is 11.1 Å². The molecule has 1 aromatic carbocycles. The predicted molar refractivity (Wildman–Crippen MR) is 88.4 cm³/mol. The van der Waals surface area contributed by atoms with Crippen molar-refractivity contribution in [2.75, 3.05) is 24.5 Å². The summed E-state index contributed by atoms with van der Waals surface area (Å²) in [4.78, 5) is 25.2. The summed E-state index contributed by atoms with van der Waals surface area (Å²) in [7, 11) is 0. The van der Waals surface area contributed by atoms with Gasteiger partial charge in [0, 0.05) is 26.2 Å². The van der Waals surface area contributed by atoms with Crippen LogP contribution in [-0.2, 0) is 13.0 Å². The summed E-state index contributed by atoms with van der Waals surface area (Å²) in [6, 6.07) is 8.52. The lowest BCUT2D eigenvalue weighted by Crippen LogP contribution is -2.32. The zero-order chi connectivity index (χ0) is 15.6. The van der Waals surface area contributed by atoms with E-state index < -0.39 is 0 Å². The molecule has 0 spiro atoms. The number of aromatic nitrogens is 2. The second-order valence-electron chi connectivity index (χ2n) is 6.20. The second-order valence-corrected chi connectivity index (χ2v) is 6.20. The largest absolute Gasteiger partial charge is 0.351 e. The van der Waals surface area contributed by atoms with E-state index in [9.17, 15) is 4.79 Å². The van der Waals surface area contributed by atoms with E-state index in [1.807, 2.05) is 4.90 Å². The normalized spacial score (nSPS) is 17.2. The summed E-state index contributed by atoms with van der Waals surface area (Å²) >= 11 is 0. The van der Waals surface area contributed by atoms with E-state index in [0.717, 1.165) is 51.3 Å². The fraction of sp³-hybridized carbons (Fsp3) is 0.389. The lowest BCUT2D eigenvalue weighted by atomic mass is 10.0. The van der Waals surface area contributed by atoms with Crippen LogP contribution in [-0.4, -0.2) is 40.4 Å². The molecule has 1 aromatic heterocycles. The Morgan fingerprint density at radius 3 is 2.48 bits per heavy atom. The van der Waals surface area contributed by atoms with Crippen molar-refractivity contribution in [3.63, 3.8) is 0 Å². The molecule has 0 bridgehead atoms. The minimum atomic E-state index is 0.00513. The van der Waals surface area contributed by atoms with Gasteiger partial charge in [0.2, 0.25) is 0 Å².